The van der Waals surface area contributed by atoms with Gasteiger partial charge >= 0.3 is 0 Å². The van der Waals surface area contributed by atoms with Crippen molar-refractivity contribution in [3.05, 3.63) is 35.4 Å². The van der Waals surface area contributed by atoms with Gasteiger partial charge in [-0.3, -0.25) is 4.90 Å². The molecule has 110 valence electrons. The van der Waals surface area contributed by atoms with Gasteiger partial charge in [-0.15, -0.1) is 0 Å². The first-order valence-corrected chi connectivity index (χ1v) is 8.28. The van der Waals surface area contributed by atoms with Gasteiger partial charge in [-0.05, 0) is 68.7 Å². The lowest BCUT2D eigenvalue weighted by Gasteiger charge is -2.22. The molecule has 1 aromatic rings. The van der Waals surface area contributed by atoms with Crippen LogP contribution in [-0.2, 0) is 13.0 Å². The highest BCUT2D eigenvalue weighted by Crippen LogP contribution is 2.34. The summed E-state index contributed by atoms with van der Waals surface area (Å²) in [5, 5.41) is 3.21. The molecular weight excluding hydrogens is 244 g/mol. The first-order valence-electron chi connectivity index (χ1n) is 8.28. The van der Waals surface area contributed by atoms with Gasteiger partial charge in [0.05, 0.1) is 0 Å². The van der Waals surface area contributed by atoms with E-state index in [1.807, 2.05) is 7.05 Å². The van der Waals surface area contributed by atoms with Gasteiger partial charge in [0.2, 0.25) is 0 Å². The molecule has 2 aliphatic carbocycles. The summed E-state index contributed by atoms with van der Waals surface area (Å²) in [6.07, 6.45) is 6.98. The van der Waals surface area contributed by atoms with Gasteiger partial charge in [-0.2, -0.15) is 0 Å². The van der Waals surface area contributed by atoms with Crippen molar-refractivity contribution in [3.63, 3.8) is 0 Å². The SMILES string of the molecule is CNCCc1ccc(CN(CC2CC2)CC2CC2)cc1. The summed E-state index contributed by atoms with van der Waals surface area (Å²) in [5.74, 6) is 2.01. The van der Waals surface area contributed by atoms with Crippen LogP contribution in [0, 0.1) is 11.8 Å². The lowest BCUT2D eigenvalue weighted by molar-refractivity contribution is 0.244. The highest BCUT2D eigenvalue weighted by Gasteiger charge is 2.29. The highest BCUT2D eigenvalue weighted by molar-refractivity contribution is 5.22. The molecule has 3 rings (SSSR count). The fraction of sp³-hybridized carbons (Fsp3) is 0.667. The van der Waals surface area contributed by atoms with E-state index in [9.17, 15) is 0 Å². The summed E-state index contributed by atoms with van der Waals surface area (Å²) in [6, 6.07) is 9.27. The Morgan fingerprint density at radius 3 is 2.00 bits per heavy atom. The summed E-state index contributed by atoms with van der Waals surface area (Å²) >= 11 is 0. The molecule has 0 heterocycles. The molecule has 0 spiro atoms. The largest absolute Gasteiger partial charge is 0.319 e. The van der Waals surface area contributed by atoms with Crippen LogP contribution in [0.3, 0.4) is 0 Å². The van der Waals surface area contributed by atoms with E-state index in [-0.39, 0.29) is 0 Å². The second kappa shape index (κ2) is 6.73. The molecule has 0 aromatic heterocycles. The van der Waals surface area contributed by atoms with Crippen LogP contribution in [0.4, 0.5) is 0 Å². The molecule has 2 heteroatoms. The molecule has 0 radical (unpaired) electrons. The third-order valence-corrected chi connectivity index (χ3v) is 4.52. The van der Waals surface area contributed by atoms with Gasteiger partial charge in [0.15, 0.2) is 0 Å². The van der Waals surface area contributed by atoms with E-state index in [4.69, 9.17) is 0 Å². The first-order chi connectivity index (χ1) is 9.83. The van der Waals surface area contributed by atoms with E-state index in [1.165, 1.54) is 49.9 Å². The topological polar surface area (TPSA) is 15.3 Å². The summed E-state index contributed by atoms with van der Waals surface area (Å²) in [6.45, 7) is 4.88. The maximum atomic E-state index is 3.21. The van der Waals surface area contributed by atoms with Crippen molar-refractivity contribution in [1.29, 1.82) is 0 Å². The standard InChI is InChI=1S/C18H28N2/c1-19-11-10-15-2-4-16(5-3-15)12-20(13-17-6-7-17)14-18-8-9-18/h2-5,17-19H,6-14H2,1H3. The Morgan fingerprint density at radius 2 is 1.50 bits per heavy atom. The molecule has 0 unspecified atom stereocenters. The van der Waals surface area contributed by atoms with E-state index in [0.717, 1.165) is 31.3 Å². The molecule has 1 aromatic carbocycles. The first kappa shape index (κ1) is 14.1. The van der Waals surface area contributed by atoms with E-state index in [1.54, 1.807) is 0 Å². The van der Waals surface area contributed by atoms with E-state index >= 15 is 0 Å². The molecule has 0 saturated heterocycles. The summed E-state index contributed by atoms with van der Waals surface area (Å²) in [4.78, 5) is 2.71. The quantitative estimate of drug-likeness (QED) is 0.743. The Bertz CT molecular complexity index is 390. The smallest absolute Gasteiger partial charge is 0.0233 e. The van der Waals surface area contributed by atoms with Crippen LogP contribution in [0.5, 0.6) is 0 Å². The molecule has 2 saturated carbocycles. The zero-order valence-electron chi connectivity index (χ0n) is 12.8. The number of nitrogens with zero attached hydrogens (tertiary/aromatic N) is 1. The number of benzene rings is 1. The monoisotopic (exact) mass is 272 g/mol. The molecular formula is C18H28N2. The van der Waals surface area contributed by atoms with Gasteiger partial charge < -0.3 is 5.32 Å². The molecule has 0 aliphatic heterocycles. The minimum absolute atomic E-state index is 1.00. The maximum Gasteiger partial charge on any atom is 0.0233 e. The zero-order chi connectivity index (χ0) is 13.8. The predicted molar refractivity (Wildman–Crippen MR) is 84.8 cm³/mol. The lowest BCUT2D eigenvalue weighted by Crippen LogP contribution is -2.27. The molecule has 0 bridgehead atoms. The highest BCUT2D eigenvalue weighted by atomic mass is 15.1. The maximum absolute atomic E-state index is 3.21. The Morgan fingerprint density at radius 1 is 0.950 bits per heavy atom. The van der Waals surface area contributed by atoms with Crippen molar-refractivity contribution in [3.8, 4) is 0 Å². The normalized spacial score (nSPS) is 18.7. The Balaban J connectivity index is 1.52. The fourth-order valence-corrected chi connectivity index (χ4v) is 2.87. The van der Waals surface area contributed by atoms with Gasteiger partial charge in [0, 0.05) is 19.6 Å². The van der Waals surface area contributed by atoms with Crippen molar-refractivity contribution in [2.45, 2.75) is 38.6 Å². The molecule has 1 N–H and O–H groups in total. The van der Waals surface area contributed by atoms with Gasteiger partial charge in [0.1, 0.15) is 0 Å². The number of nitrogens with one attached hydrogen (secondary N) is 1. The van der Waals surface area contributed by atoms with Crippen LogP contribution in [0.15, 0.2) is 24.3 Å². The summed E-state index contributed by atoms with van der Waals surface area (Å²) < 4.78 is 0. The number of hydrogen-bond donors (Lipinski definition) is 1. The van der Waals surface area contributed by atoms with Crippen molar-refractivity contribution >= 4 is 0 Å². The minimum Gasteiger partial charge on any atom is -0.319 e. The number of hydrogen-bond acceptors (Lipinski definition) is 2. The van der Waals surface area contributed by atoms with Crippen molar-refractivity contribution in [2.24, 2.45) is 11.8 Å². The van der Waals surface area contributed by atoms with Crippen LogP contribution >= 0.6 is 0 Å². The predicted octanol–water partition coefficient (Wildman–Crippen LogP) is 3.07. The van der Waals surface area contributed by atoms with E-state index in [0.29, 0.717) is 0 Å². The number of likely N-dealkylation sites (N-methyl/N-ethyl adjacent to an activating group) is 1. The van der Waals surface area contributed by atoms with Crippen LogP contribution in [0.1, 0.15) is 36.8 Å². The second-order valence-corrected chi connectivity index (χ2v) is 6.75. The fourth-order valence-electron chi connectivity index (χ4n) is 2.87. The Kier molecular flexibility index (Phi) is 4.74. The van der Waals surface area contributed by atoms with Gasteiger partial charge in [-0.25, -0.2) is 0 Å². The van der Waals surface area contributed by atoms with Crippen LogP contribution in [-0.4, -0.2) is 31.6 Å². The Hall–Kier alpha value is -0.860. The van der Waals surface area contributed by atoms with Crippen molar-refractivity contribution in [2.75, 3.05) is 26.7 Å². The average Bonchev–Trinajstić information content (AvgIpc) is 3.34. The van der Waals surface area contributed by atoms with Crippen LogP contribution in [0.2, 0.25) is 0 Å². The zero-order valence-corrected chi connectivity index (χ0v) is 12.8. The Labute approximate surface area is 123 Å². The lowest BCUT2D eigenvalue weighted by atomic mass is 10.1. The average molecular weight is 272 g/mol. The van der Waals surface area contributed by atoms with E-state index < -0.39 is 0 Å². The molecule has 2 aliphatic rings. The summed E-state index contributed by atoms with van der Waals surface area (Å²) in [5.41, 5.74) is 2.93. The number of rotatable bonds is 9. The third kappa shape index (κ3) is 4.60. The third-order valence-electron chi connectivity index (χ3n) is 4.52. The van der Waals surface area contributed by atoms with E-state index in [2.05, 4.69) is 34.5 Å². The van der Waals surface area contributed by atoms with Crippen molar-refractivity contribution < 1.29 is 0 Å². The van der Waals surface area contributed by atoms with Crippen LogP contribution in [0.25, 0.3) is 0 Å². The molecule has 20 heavy (non-hydrogen) atoms. The second-order valence-electron chi connectivity index (χ2n) is 6.75. The van der Waals surface area contributed by atoms with Gasteiger partial charge in [0.25, 0.3) is 0 Å². The minimum atomic E-state index is 1.00. The molecule has 2 nitrogen and oxygen atoms in total. The van der Waals surface area contributed by atoms with Crippen molar-refractivity contribution in [1.82, 2.24) is 10.2 Å². The summed E-state index contributed by atoms with van der Waals surface area (Å²) in [7, 11) is 2.02. The molecule has 2 fully saturated rings. The van der Waals surface area contributed by atoms with Crippen LogP contribution < -0.4 is 5.32 Å². The molecule has 0 atom stereocenters. The van der Waals surface area contributed by atoms with Gasteiger partial charge in [-0.1, -0.05) is 24.3 Å². The molecule has 0 amide bonds.